The van der Waals surface area contributed by atoms with Crippen molar-refractivity contribution in [3.63, 3.8) is 0 Å². The number of aromatic nitrogens is 1. The van der Waals surface area contributed by atoms with Crippen LogP contribution in [-0.4, -0.2) is 10.9 Å². The molecule has 2 aromatic rings. The lowest BCUT2D eigenvalue weighted by Gasteiger charge is -2.17. The minimum absolute atomic E-state index is 0.128. The fraction of sp³-hybridized carbons (Fsp3) is 0.143. The molecule has 2 nitrogen and oxygen atoms in total. The molecular formula is C14H13NOS. The summed E-state index contributed by atoms with van der Waals surface area (Å²) in [6.45, 7) is 2.07. The number of nitrogens with zero attached hydrogens (tertiary/aromatic N) is 1. The number of hydrogen-bond acceptors (Lipinski definition) is 2. The zero-order chi connectivity index (χ0) is 12.3. The maximum absolute atomic E-state index is 10.9. The smallest absolute Gasteiger partial charge is 0.153 e. The highest BCUT2D eigenvalue weighted by molar-refractivity contribution is 7.71. The summed E-state index contributed by atoms with van der Waals surface area (Å²) in [5.41, 5.74) is 1.73. The average molecular weight is 243 g/mol. The maximum Gasteiger partial charge on any atom is 0.153 e. The molecule has 0 aliphatic carbocycles. The summed E-state index contributed by atoms with van der Waals surface area (Å²) in [6.07, 6.45) is 2.71. The predicted molar refractivity (Wildman–Crippen MR) is 70.9 cm³/mol. The first-order chi connectivity index (χ1) is 8.24. The summed E-state index contributed by atoms with van der Waals surface area (Å²) >= 11 is 5.30. The van der Waals surface area contributed by atoms with Gasteiger partial charge in [-0.15, -0.1) is 0 Å². The van der Waals surface area contributed by atoms with E-state index in [1.54, 1.807) is 6.07 Å². The Labute approximate surface area is 106 Å². The van der Waals surface area contributed by atoms with Crippen molar-refractivity contribution >= 4 is 18.5 Å². The Morgan fingerprint density at radius 3 is 2.53 bits per heavy atom. The third kappa shape index (κ3) is 2.34. The van der Waals surface area contributed by atoms with E-state index in [0.29, 0.717) is 10.2 Å². The highest BCUT2D eigenvalue weighted by Crippen LogP contribution is 2.18. The standard InChI is InChI=1S/C14H13NOS/c1-11(12-6-3-2-4-7-12)15-9-5-8-13(10-16)14(15)17/h2-11H,1H3. The first-order valence-corrected chi connectivity index (χ1v) is 5.86. The molecule has 1 aromatic heterocycles. The summed E-state index contributed by atoms with van der Waals surface area (Å²) in [5.74, 6) is 0. The van der Waals surface area contributed by atoms with Crippen molar-refractivity contribution in [2.75, 3.05) is 0 Å². The molecule has 3 heteroatoms. The molecule has 0 spiro atoms. The van der Waals surface area contributed by atoms with Crippen LogP contribution in [-0.2, 0) is 0 Å². The van der Waals surface area contributed by atoms with Crippen molar-refractivity contribution in [3.8, 4) is 0 Å². The molecule has 1 aromatic carbocycles. The van der Waals surface area contributed by atoms with Crippen LogP contribution in [0.5, 0.6) is 0 Å². The molecule has 2 rings (SSSR count). The molecule has 0 fully saturated rings. The Morgan fingerprint density at radius 1 is 1.18 bits per heavy atom. The van der Waals surface area contributed by atoms with Crippen molar-refractivity contribution in [1.82, 2.24) is 4.57 Å². The van der Waals surface area contributed by atoms with Gasteiger partial charge in [0.05, 0.1) is 6.04 Å². The van der Waals surface area contributed by atoms with Crippen LogP contribution in [0.2, 0.25) is 0 Å². The molecule has 0 saturated heterocycles. The van der Waals surface area contributed by atoms with E-state index in [2.05, 4.69) is 19.1 Å². The Kier molecular flexibility index (Phi) is 3.49. The number of benzene rings is 1. The van der Waals surface area contributed by atoms with Gasteiger partial charge in [-0.25, -0.2) is 0 Å². The van der Waals surface area contributed by atoms with Crippen LogP contribution in [0.15, 0.2) is 48.7 Å². The minimum atomic E-state index is 0.128. The zero-order valence-electron chi connectivity index (χ0n) is 9.54. The molecule has 86 valence electrons. The largest absolute Gasteiger partial charge is 0.331 e. The lowest BCUT2D eigenvalue weighted by molar-refractivity contribution is 0.112. The van der Waals surface area contributed by atoms with Gasteiger partial charge in [0.25, 0.3) is 0 Å². The molecule has 0 N–H and O–H groups in total. The third-order valence-corrected chi connectivity index (χ3v) is 3.28. The lowest BCUT2D eigenvalue weighted by atomic mass is 10.1. The topological polar surface area (TPSA) is 22.0 Å². The van der Waals surface area contributed by atoms with Gasteiger partial charge in [-0.05, 0) is 24.6 Å². The van der Waals surface area contributed by atoms with E-state index in [0.717, 1.165) is 6.29 Å². The van der Waals surface area contributed by atoms with E-state index < -0.39 is 0 Å². The van der Waals surface area contributed by atoms with Gasteiger partial charge in [0.2, 0.25) is 0 Å². The van der Waals surface area contributed by atoms with Crippen LogP contribution in [0.25, 0.3) is 0 Å². The molecule has 0 aliphatic rings. The van der Waals surface area contributed by atoms with Crippen LogP contribution in [0.4, 0.5) is 0 Å². The number of hydrogen-bond donors (Lipinski definition) is 0. The van der Waals surface area contributed by atoms with Gasteiger partial charge < -0.3 is 4.57 Å². The maximum atomic E-state index is 10.9. The number of aldehydes is 1. The molecule has 1 unspecified atom stereocenters. The molecular weight excluding hydrogens is 230 g/mol. The SMILES string of the molecule is CC(c1ccccc1)n1cccc(C=O)c1=S. The predicted octanol–water partition coefficient (Wildman–Crippen LogP) is 3.64. The van der Waals surface area contributed by atoms with E-state index in [-0.39, 0.29) is 6.04 Å². The van der Waals surface area contributed by atoms with Crippen LogP contribution < -0.4 is 0 Å². The van der Waals surface area contributed by atoms with Crippen LogP contribution >= 0.6 is 12.2 Å². The number of rotatable bonds is 3. The fourth-order valence-corrected chi connectivity index (χ4v) is 2.15. The fourth-order valence-electron chi connectivity index (χ4n) is 1.81. The molecule has 0 saturated carbocycles. The number of carbonyl (C=O) groups excluding carboxylic acids is 1. The molecule has 1 heterocycles. The van der Waals surface area contributed by atoms with Crippen molar-refractivity contribution < 1.29 is 4.79 Å². The second-order valence-electron chi connectivity index (χ2n) is 3.88. The Bertz CT molecular complexity index is 574. The molecule has 0 radical (unpaired) electrons. The van der Waals surface area contributed by atoms with Crippen molar-refractivity contribution in [2.45, 2.75) is 13.0 Å². The van der Waals surface area contributed by atoms with Crippen LogP contribution in [0, 0.1) is 4.64 Å². The third-order valence-electron chi connectivity index (χ3n) is 2.83. The Morgan fingerprint density at radius 2 is 1.88 bits per heavy atom. The van der Waals surface area contributed by atoms with Gasteiger partial charge in [0.1, 0.15) is 4.64 Å². The van der Waals surface area contributed by atoms with Crippen LogP contribution in [0.1, 0.15) is 28.9 Å². The average Bonchev–Trinajstić information content (AvgIpc) is 2.39. The van der Waals surface area contributed by atoms with E-state index in [1.807, 2.05) is 35.0 Å². The molecule has 17 heavy (non-hydrogen) atoms. The molecule has 0 bridgehead atoms. The first-order valence-electron chi connectivity index (χ1n) is 5.45. The summed E-state index contributed by atoms with van der Waals surface area (Å²) in [4.78, 5) is 10.9. The normalized spacial score (nSPS) is 12.1. The van der Waals surface area contributed by atoms with E-state index in [1.165, 1.54) is 5.56 Å². The van der Waals surface area contributed by atoms with Gasteiger partial charge >= 0.3 is 0 Å². The monoisotopic (exact) mass is 243 g/mol. The summed E-state index contributed by atoms with van der Waals surface area (Å²) < 4.78 is 2.52. The van der Waals surface area contributed by atoms with Gasteiger partial charge in [0, 0.05) is 11.8 Å². The van der Waals surface area contributed by atoms with E-state index in [9.17, 15) is 4.79 Å². The van der Waals surface area contributed by atoms with E-state index in [4.69, 9.17) is 12.2 Å². The molecule has 1 atom stereocenters. The zero-order valence-corrected chi connectivity index (χ0v) is 10.4. The highest BCUT2D eigenvalue weighted by atomic mass is 32.1. The van der Waals surface area contributed by atoms with Gasteiger partial charge in [0.15, 0.2) is 6.29 Å². The van der Waals surface area contributed by atoms with Gasteiger partial charge in [-0.2, -0.15) is 0 Å². The molecule has 0 aliphatic heterocycles. The van der Waals surface area contributed by atoms with E-state index >= 15 is 0 Å². The van der Waals surface area contributed by atoms with Gasteiger partial charge in [-0.1, -0.05) is 42.5 Å². The lowest BCUT2D eigenvalue weighted by Crippen LogP contribution is -2.09. The highest BCUT2D eigenvalue weighted by Gasteiger charge is 2.08. The first kappa shape index (κ1) is 11.7. The van der Waals surface area contributed by atoms with Crippen molar-refractivity contribution in [3.05, 3.63) is 64.4 Å². The van der Waals surface area contributed by atoms with Crippen molar-refractivity contribution in [2.24, 2.45) is 0 Å². The van der Waals surface area contributed by atoms with Crippen LogP contribution in [0.3, 0.4) is 0 Å². The number of carbonyl (C=O) groups is 1. The quantitative estimate of drug-likeness (QED) is 0.606. The second-order valence-corrected chi connectivity index (χ2v) is 4.27. The second kappa shape index (κ2) is 5.06. The Balaban J connectivity index is 2.48. The van der Waals surface area contributed by atoms with Gasteiger partial charge in [-0.3, -0.25) is 4.79 Å². The summed E-state index contributed by atoms with van der Waals surface area (Å²) in [6, 6.07) is 13.8. The minimum Gasteiger partial charge on any atom is -0.331 e. The number of pyridine rings is 1. The molecule has 0 amide bonds. The Hall–Kier alpha value is -1.74. The summed E-state index contributed by atoms with van der Waals surface area (Å²) in [7, 11) is 0. The summed E-state index contributed by atoms with van der Waals surface area (Å²) in [5, 5.41) is 0. The van der Waals surface area contributed by atoms with Crippen molar-refractivity contribution in [1.29, 1.82) is 0 Å².